The van der Waals surface area contributed by atoms with Crippen LogP contribution in [0, 0.1) is 0 Å². The first-order valence-electron chi connectivity index (χ1n) is 5.40. The molecule has 2 nitrogen and oxygen atoms in total. The van der Waals surface area contributed by atoms with Gasteiger partial charge in [0.05, 0.1) is 0 Å². The van der Waals surface area contributed by atoms with E-state index < -0.39 is 0 Å². The molecule has 2 heteroatoms. The number of para-hydroxylation sites is 1. The number of fused-ring (bicyclic) bond motifs is 3. The molecule has 1 fully saturated rings. The molecule has 0 radical (unpaired) electrons. The van der Waals surface area contributed by atoms with E-state index in [4.69, 9.17) is 0 Å². The minimum Gasteiger partial charge on any atom is -0.371 e. The molecular formula is C12H16N2. The lowest BCUT2D eigenvalue weighted by Gasteiger charge is -2.31. The van der Waals surface area contributed by atoms with Gasteiger partial charge in [-0.3, -0.25) is 0 Å². The topological polar surface area (TPSA) is 15.3 Å². The summed E-state index contributed by atoms with van der Waals surface area (Å²) in [6, 6.07) is 9.55. The van der Waals surface area contributed by atoms with Crippen molar-refractivity contribution in [2.75, 3.05) is 25.0 Å². The average Bonchev–Trinajstić information content (AvgIpc) is 2.55. The molecule has 1 saturated heterocycles. The van der Waals surface area contributed by atoms with E-state index in [1.165, 1.54) is 24.2 Å². The highest BCUT2D eigenvalue weighted by Gasteiger charge is 2.37. The zero-order valence-electron chi connectivity index (χ0n) is 8.53. The Morgan fingerprint density at radius 2 is 2.21 bits per heavy atom. The van der Waals surface area contributed by atoms with Crippen molar-refractivity contribution in [2.24, 2.45) is 0 Å². The third kappa shape index (κ3) is 1.01. The second-order valence-corrected chi connectivity index (χ2v) is 4.34. The van der Waals surface area contributed by atoms with Gasteiger partial charge in [0, 0.05) is 31.2 Å². The van der Waals surface area contributed by atoms with Crippen LogP contribution in [0.4, 0.5) is 5.69 Å². The Labute approximate surface area is 84.9 Å². The molecule has 3 rings (SSSR count). The first-order chi connectivity index (χ1) is 6.88. The van der Waals surface area contributed by atoms with Gasteiger partial charge in [-0.15, -0.1) is 0 Å². The zero-order valence-corrected chi connectivity index (χ0v) is 8.53. The fraction of sp³-hybridized carbons (Fsp3) is 0.500. The molecule has 2 aliphatic rings. The van der Waals surface area contributed by atoms with Crippen molar-refractivity contribution in [3.05, 3.63) is 29.8 Å². The van der Waals surface area contributed by atoms with Crippen molar-refractivity contribution < 1.29 is 0 Å². The minimum atomic E-state index is 0.713. The Balaban J connectivity index is 2.06. The third-order valence-corrected chi connectivity index (χ3v) is 3.66. The van der Waals surface area contributed by atoms with E-state index in [1.54, 1.807) is 0 Å². The van der Waals surface area contributed by atoms with Crippen LogP contribution in [0.25, 0.3) is 0 Å². The summed E-state index contributed by atoms with van der Waals surface area (Å²) >= 11 is 0. The molecular weight excluding hydrogens is 172 g/mol. The molecule has 2 unspecified atom stereocenters. The maximum absolute atomic E-state index is 3.49. The molecule has 1 aromatic carbocycles. The van der Waals surface area contributed by atoms with Crippen LogP contribution in [0.5, 0.6) is 0 Å². The Bertz CT molecular complexity index is 348. The zero-order chi connectivity index (χ0) is 9.54. The molecule has 74 valence electrons. The number of nitrogens with one attached hydrogen (secondary N) is 1. The van der Waals surface area contributed by atoms with Crippen molar-refractivity contribution in [3.8, 4) is 0 Å². The van der Waals surface area contributed by atoms with Crippen molar-refractivity contribution in [3.63, 3.8) is 0 Å². The smallest absolute Gasteiger partial charge is 0.0403 e. The van der Waals surface area contributed by atoms with Gasteiger partial charge in [0.2, 0.25) is 0 Å². The summed E-state index contributed by atoms with van der Waals surface area (Å²) in [6.45, 7) is 2.31. The molecule has 0 amide bonds. The van der Waals surface area contributed by atoms with Crippen LogP contribution in [0.2, 0.25) is 0 Å². The summed E-state index contributed by atoms with van der Waals surface area (Å²) in [5, 5.41) is 3.49. The van der Waals surface area contributed by atoms with E-state index >= 15 is 0 Å². The fourth-order valence-corrected chi connectivity index (χ4v) is 2.93. The van der Waals surface area contributed by atoms with E-state index in [2.05, 4.69) is 41.5 Å². The van der Waals surface area contributed by atoms with Crippen LogP contribution < -0.4 is 10.2 Å². The van der Waals surface area contributed by atoms with E-state index in [-0.39, 0.29) is 0 Å². The Morgan fingerprint density at radius 3 is 3.14 bits per heavy atom. The molecule has 0 saturated carbocycles. The molecule has 0 bridgehead atoms. The van der Waals surface area contributed by atoms with Gasteiger partial charge in [0.25, 0.3) is 0 Å². The SMILES string of the molecule is CN1c2ccccc2C2CNCCC21. The van der Waals surface area contributed by atoms with Gasteiger partial charge in [0.15, 0.2) is 0 Å². The quantitative estimate of drug-likeness (QED) is 0.665. The first-order valence-corrected chi connectivity index (χ1v) is 5.40. The van der Waals surface area contributed by atoms with Crippen LogP contribution in [0.15, 0.2) is 24.3 Å². The Kier molecular flexibility index (Phi) is 1.77. The summed E-state index contributed by atoms with van der Waals surface area (Å²) in [4.78, 5) is 2.46. The number of likely N-dealkylation sites (N-methyl/N-ethyl adjacent to an activating group) is 1. The second-order valence-electron chi connectivity index (χ2n) is 4.34. The monoisotopic (exact) mass is 188 g/mol. The summed E-state index contributed by atoms with van der Waals surface area (Å²) in [5.41, 5.74) is 2.97. The van der Waals surface area contributed by atoms with Crippen LogP contribution >= 0.6 is 0 Å². The van der Waals surface area contributed by atoms with E-state index in [1.807, 2.05) is 0 Å². The predicted octanol–water partition coefficient (Wildman–Crippen LogP) is 1.58. The average molecular weight is 188 g/mol. The summed E-state index contributed by atoms with van der Waals surface area (Å²) in [5.74, 6) is 0.713. The van der Waals surface area contributed by atoms with E-state index in [9.17, 15) is 0 Å². The molecule has 0 aromatic heterocycles. The van der Waals surface area contributed by atoms with E-state index in [0.717, 1.165) is 12.6 Å². The van der Waals surface area contributed by atoms with E-state index in [0.29, 0.717) is 5.92 Å². The predicted molar refractivity (Wildman–Crippen MR) is 58.9 cm³/mol. The molecule has 1 N–H and O–H groups in total. The van der Waals surface area contributed by atoms with Gasteiger partial charge in [-0.25, -0.2) is 0 Å². The highest BCUT2D eigenvalue weighted by Crippen LogP contribution is 2.41. The second kappa shape index (κ2) is 2.99. The summed E-state index contributed by atoms with van der Waals surface area (Å²) < 4.78 is 0. The number of hydrogen-bond donors (Lipinski definition) is 1. The van der Waals surface area contributed by atoms with Crippen molar-refractivity contribution in [1.82, 2.24) is 5.32 Å². The van der Waals surface area contributed by atoms with Gasteiger partial charge in [0.1, 0.15) is 0 Å². The van der Waals surface area contributed by atoms with Gasteiger partial charge in [-0.05, 0) is 24.6 Å². The molecule has 1 aromatic rings. The lowest BCUT2D eigenvalue weighted by molar-refractivity contribution is 0.413. The first kappa shape index (κ1) is 8.30. The maximum Gasteiger partial charge on any atom is 0.0403 e. The lowest BCUT2D eigenvalue weighted by Crippen LogP contribution is -2.42. The molecule has 2 aliphatic heterocycles. The maximum atomic E-state index is 3.49. The molecule has 0 spiro atoms. The summed E-state index contributed by atoms with van der Waals surface area (Å²) in [7, 11) is 2.23. The lowest BCUT2D eigenvalue weighted by atomic mass is 9.90. The number of rotatable bonds is 0. The van der Waals surface area contributed by atoms with Crippen LogP contribution in [0.3, 0.4) is 0 Å². The van der Waals surface area contributed by atoms with Crippen molar-refractivity contribution in [1.29, 1.82) is 0 Å². The van der Waals surface area contributed by atoms with Crippen molar-refractivity contribution in [2.45, 2.75) is 18.4 Å². The number of benzene rings is 1. The molecule has 2 atom stereocenters. The fourth-order valence-electron chi connectivity index (χ4n) is 2.93. The third-order valence-electron chi connectivity index (χ3n) is 3.66. The normalized spacial score (nSPS) is 29.9. The van der Waals surface area contributed by atoms with Gasteiger partial charge in [-0.1, -0.05) is 18.2 Å². The van der Waals surface area contributed by atoms with Crippen LogP contribution in [0.1, 0.15) is 17.9 Å². The molecule has 14 heavy (non-hydrogen) atoms. The molecule has 2 heterocycles. The largest absolute Gasteiger partial charge is 0.371 e. The van der Waals surface area contributed by atoms with Gasteiger partial charge < -0.3 is 10.2 Å². The van der Waals surface area contributed by atoms with Gasteiger partial charge in [-0.2, -0.15) is 0 Å². The standard InChI is InChI=1S/C12H16N2/c1-14-11-5-3-2-4-9(11)10-8-13-7-6-12(10)14/h2-5,10,12-13H,6-8H2,1H3. The number of hydrogen-bond acceptors (Lipinski definition) is 2. The number of piperidine rings is 1. The molecule has 0 aliphatic carbocycles. The number of anilines is 1. The van der Waals surface area contributed by atoms with Gasteiger partial charge >= 0.3 is 0 Å². The van der Waals surface area contributed by atoms with Crippen LogP contribution in [-0.2, 0) is 0 Å². The highest BCUT2D eigenvalue weighted by molar-refractivity contribution is 5.61. The Morgan fingerprint density at radius 1 is 1.36 bits per heavy atom. The van der Waals surface area contributed by atoms with Crippen molar-refractivity contribution >= 4 is 5.69 Å². The summed E-state index contributed by atoms with van der Waals surface area (Å²) in [6.07, 6.45) is 1.27. The highest BCUT2D eigenvalue weighted by atomic mass is 15.2. The number of nitrogens with zero attached hydrogens (tertiary/aromatic N) is 1. The van der Waals surface area contributed by atoms with Crippen LogP contribution in [-0.4, -0.2) is 26.2 Å². The Hall–Kier alpha value is -1.02. The minimum absolute atomic E-state index is 0.713.